The molecule has 0 saturated heterocycles. The van der Waals surface area contributed by atoms with E-state index >= 15 is 0 Å². The van der Waals surface area contributed by atoms with Gasteiger partial charge in [-0.05, 0) is 36.4 Å². The standard InChI is InChI=1S/C22H19ClO5Si/c1-29(2,17-8-3-14(4-9-17)21(25)26)18-10-5-15(6-11-18)22(27)28-16-7-12-20(24)19(23)13-16/h3-13,24H,1-2H3,(H,25,26). The number of esters is 1. The van der Waals surface area contributed by atoms with Crippen LogP contribution in [0.1, 0.15) is 20.7 Å². The third kappa shape index (κ3) is 4.50. The van der Waals surface area contributed by atoms with Crippen LogP contribution < -0.4 is 15.1 Å². The lowest BCUT2D eigenvalue weighted by atomic mass is 10.2. The number of halogens is 1. The quantitative estimate of drug-likeness (QED) is 0.368. The van der Waals surface area contributed by atoms with Gasteiger partial charge in [-0.25, -0.2) is 9.59 Å². The van der Waals surface area contributed by atoms with Crippen LogP contribution in [0.15, 0.2) is 66.7 Å². The summed E-state index contributed by atoms with van der Waals surface area (Å²) in [6.07, 6.45) is 0. The first kappa shape index (κ1) is 20.6. The summed E-state index contributed by atoms with van der Waals surface area (Å²) in [6.45, 7) is 4.32. The molecule has 0 aromatic heterocycles. The lowest BCUT2D eigenvalue weighted by Crippen LogP contribution is -2.52. The van der Waals surface area contributed by atoms with E-state index in [1.807, 2.05) is 24.3 Å². The molecule has 0 aliphatic rings. The first-order chi connectivity index (χ1) is 13.7. The van der Waals surface area contributed by atoms with Crippen molar-refractivity contribution in [2.45, 2.75) is 13.1 Å². The molecule has 0 bridgehead atoms. The largest absolute Gasteiger partial charge is 0.506 e. The number of hydrogen-bond acceptors (Lipinski definition) is 4. The molecule has 0 aliphatic heterocycles. The van der Waals surface area contributed by atoms with E-state index in [1.165, 1.54) is 18.2 Å². The van der Waals surface area contributed by atoms with Gasteiger partial charge in [-0.15, -0.1) is 0 Å². The molecule has 2 N–H and O–H groups in total. The van der Waals surface area contributed by atoms with E-state index in [0.29, 0.717) is 5.56 Å². The van der Waals surface area contributed by atoms with Gasteiger partial charge < -0.3 is 14.9 Å². The fourth-order valence-electron chi connectivity index (χ4n) is 2.94. The van der Waals surface area contributed by atoms with Crippen molar-refractivity contribution >= 4 is 42.0 Å². The first-order valence-corrected chi connectivity index (χ1v) is 12.2. The smallest absolute Gasteiger partial charge is 0.343 e. The molecule has 0 aliphatic carbocycles. The van der Waals surface area contributed by atoms with Crippen molar-refractivity contribution in [3.8, 4) is 11.5 Å². The highest BCUT2D eigenvalue weighted by Gasteiger charge is 2.26. The van der Waals surface area contributed by atoms with Crippen LogP contribution in [-0.4, -0.2) is 30.2 Å². The van der Waals surface area contributed by atoms with Crippen LogP contribution in [0.2, 0.25) is 18.1 Å². The Kier molecular flexibility index (Phi) is 5.77. The second-order valence-electron chi connectivity index (χ2n) is 7.09. The highest BCUT2D eigenvalue weighted by molar-refractivity contribution is 7.00. The van der Waals surface area contributed by atoms with Crippen LogP contribution in [0.4, 0.5) is 0 Å². The lowest BCUT2D eigenvalue weighted by Gasteiger charge is -2.24. The topological polar surface area (TPSA) is 83.8 Å². The second kappa shape index (κ2) is 8.11. The lowest BCUT2D eigenvalue weighted by molar-refractivity contribution is 0.0694. The molecule has 3 aromatic rings. The maximum Gasteiger partial charge on any atom is 0.343 e. The van der Waals surface area contributed by atoms with Crippen LogP contribution in [-0.2, 0) is 0 Å². The molecule has 0 fully saturated rings. The monoisotopic (exact) mass is 426 g/mol. The number of carbonyl (C=O) groups is 2. The summed E-state index contributed by atoms with van der Waals surface area (Å²) in [5.74, 6) is -1.31. The highest BCUT2D eigenvalue weighted by Crippen LogP contribution is 2.27. The number of aromatic carboxylic acids is 1. The molecule has 0 unspecified atom stereocenters. The average molecular weight is 427 g/mol. The van der Waals surface area contributed by atoms with Crippen LogP contribution >= 0.6 is 11.6 Å². The van der Waals surface area contributed by atoms with Gasteiger partial charge in [-0.3, -0.25) is 0 Å². The molecule has 3 rings (SSSR count). The van der Waals surface area contributed by atoms with Gasteiger partial charge in [0.1, 0.15) is 19.6 Å². The summed E-state index contributed by atoms with van der Waals surface area (Å²) in [5, 5.41) is 20.8. The molecule has 3 aromatic carbocycles. The molecular formula is C22H19ClO5Si. The Morgan fingerprint density at radius 2 is 1.38 bits per heavy atom. The maximum atomic E-state index is 12.4. The van der Waals surface area contributed by atoms with Crippen molar-refractivity contribution in [2.75, 3.05) is 0 Å². The predicted octanol–water partition coefficient (Wildman–Crippen LogP) is 3.79. The van der Waals surface area contributed by atoms with E-state index in [4.69, 9.17) is 21.4 Å². The van der Waals surface area contributed by atoms with E-state index in [-0.39, 0.29) is 22.1 Å². The summed E-state index contributed by atoms with van der Waals surface area (Å²) in [6, 6.07) is 18.3. The van der Waals surface area contributed by atoms with Crippen molar-refractivity contribution in [2.24, 2.45) is 0 Å². The van der Waals surface area contributed by atoms with Gasteiger partial charge >= 0.3 is 11.9 Å². The van der Waals surface area contributed by atoms with Gasteiger partial charge in [0.05, 0.1) is 16.1 Å². The Morgan fingerprint density at radius 1 is 0.862 bits per heavy atom. The third-order valence-electron chi connectivity index (χ3n) is 4.83. The van der Waals surface area contributed by atoms with Gasteiger partial charge in [-0.1, -0.05) is 59.3 Å². The Labute approximate surface area is 174 Å². The summed E-state index contributed by atoms with van der Waals surface area (Å²) >= 11 is 5.83. The van der Waals surface area contributed by atoms with E-state index in [9.17, 15) is 14.7 Å². The fourth-order valence-corrected chi connectivity index (χ4v) is 5.44. The molecule has 0 spiro atoms. The summed E-state index contributed by atoms with van der Waals surface area (Å²) < 4.78 is 5.30. The summed E-state index contributed by atoms with van der Waals surface area (Å²) in [7, 11) is -2.05. The minimum absolute atomic E-state index is 0.0839. The number of phenols is 1. The van der Waals surface area contributed by atoms with Crippen LogP contribution in [0, 0.1) is 0 Å². The van der Waals surface area contributed by atoms with Gasteiger partial charge in [0, 0.05) is 6.07 Å². The second-order valence-corrected chi connectivity index (χ2v) is 11.9. The summed E-state index contributed by atoms with van der Waals surface area (Å²) in [4.78, 5) is 23.4. The van der Waals surface area contributed by atoms with E-state index in [0.717, 1.165) is 10.4 Å². The molecule has 0 saturated carbocycles. The highest BCUT2D eigenvalue weighted by atomic mass is 35.5. The van der Waals surface area contributed by atoms with Crippen LogP contribution in [0.3, 0.4) is 0 Å². The van der Waals surface area contributed by atoms with Gasteiger partial charge in [0.25, 0.3) is 0 Å². The number of benzene rings is 3. The average Bonchev–Trinajstić information content (AvgIpc) is 2.71. The Morgan fingerprint density at radius 3 is 1.86 bits per heavy atom. The minimum atomic E-state index is -2.05. The molecule has 29 heavy (non-hydrogen) atoms. The minimum Gasteiger partial charge on any atom is -0.506 e. The Bertz CT molecular complexity index is 1060. The number of ether oxygens (including phenoxy) is 1. The van der Waals surface area contributed by atoms with E-state index < -0.39 is 20.0 Å². The predicted molar refractivity (Wildman–Crippen MR) is 115 cm³/mol. The fraction of sp³-hybridized carbons (Fsp3) is 0.0909. The van der Waals surface area contributed by atoms with Crippen LogP contribution in [0.25, 0.3) is 0 Å². The molecule has 148 valence electrons. The maximum absolute atomic E-state index is 12.4. The number of phenolic OH excluding ortho intramolecular Hbond substituents is 1. The van der Waals surface area contributed by atoms with Crippen molar-refractivity contribution in [3.05, 3.63) is 82.9 Å². The van der Waals surface area contributed by atoms with Gasteiger partial charge in [-0.2, -0.15) is 0 Å². The molecule has 0 radical (unpaired) electrons. The molecule has 0 atom stereocenters. The van der Waals surface area contributed by atoms with Crippen molar-refractivity contribution < 1.29 is 24.5 Å². The first-order valence-electron chi connectivity index (χ1n) is 8.83. The zero-order valence-corrected chi connectivity index (χ0v) is 17.6. The Hall–Kier alpha value is -3.09. The van der Waals surface area contributed by atoms with Crippen molar-refractivity contribution in [3.63, 3.8) is 0 Å². The zero-order chi connectivity index (χ0) is 21.2. The number of carboxylic acid groups (broad SMARTS) is 1. The molecule has 7 heteroatoms. The van der Waals surface area contributed by atoms with Crippen LogP contribution in [0.5, 0.6) is 11.5 Å². The normalized spacial score (nSPS) is 11.1. The number of aromatic hydroxyl groups is 1. The molecule has 0 heterocycles. The molecule has 0 amide bonds. The van der Waals surface area contributed by atoms with Crippen molar-refractivity contribution in [1.29, 1.82) is 0 Å². The van der Waals surface area contributed by atoms with Gasteiger partial charge in [0.2, 0.25) is 0 Å². The number of hydrogen-bond donors (Lipinski definition) is 2. The Balaban J connectivity index is 1.78. The third-order valence-corrected chi connectivity index (χ3v) is 8.68. The van der Waals surface area contributed by atoms with E-state index in [2.05, 4.69) is 13.1 Å². The van der Waals surface area contributed by atoms with Crippen molar-refractivity contribution in [1.82, 2.24) is 0 Å². The molecule has 5 nitrogen and oxygen atoms in total. The number of carboxylic acids is 1. The number of carbonyl (C=O) groups excluding carboxylic acids is 1. The SMILES string of the molecule is C[Si](C)(c1ccc(C(=O)O)cc1)c1ccc(C(=O)Oc2ccc(O)c(Cl)c2)cc1. The van der Waals surface area contributed by atoms with E-state index in [1.54, 1.807) is 24.3 Å². The summed E-state index contributed by atoms with van der Waals surface area (Å²) in [5.41, 5.74) is 0.648. The number of rotatable bonds is 5. The molecular weight excluding hydrogens is 408 g/mol. The van der Waals surface area contributed by atoms with Gasteiger partial charge in [0.15, 0.2) is 0 Å². The zero-order valence-electron chi connectivity index (χ0n) is 15.8.